The van der Waals surface area contributed by atoms with E-state index in [0.717, 1.165) is 11.1 Å². The maximum absolute atomic E-state index is 13.3. The number of carbonyl (C=O) groups is 2. The van der Waals surface area contributed by atoms with Crippen LogP contribution in [0, 0.1) is 5.92 Å². The van der Waals surface area contributed by atoms with Crippen molar-refractivity contribution < 1.29 is 23.1 Å². The van der Waals surface area contributed by atoms with Crippen LogP contribution >= 0.6 is 0 Å². The van der Waals surface area contributed by atoms with Crippen molar-refractivity contribution in [3.05, 3.63) is 36.4 Å². The lowest BCUT2D eigenvalue weighted by Crippen LogP contribution is -2.23. The average Bonchev–Trinajstić information content (AvgIpc) is 3.24. The van der Waals surface area contributed by atoms with E-state index in [1.165, 1.54) is 13.1 Å². The van der Waals surface area contributed by atoms with Gasteiger partial charge in [0.25, 0.3) is 11.8 Å². The molecule has 1 unspecified atom stereocenters. The highest BCUT2D eigenvalue weighted by atomic mass is 19.3. The summed E-state index contributed by atoms with van der Waals surface area (Å²) in [6.45, 7) is 7.76. The highest BCUT2D eigenvalue weighted by Crippen LogP contribution is 2.49. The third kappa shape index (κ3) is 5.81. The zero-order valence-electron chi connectivity index (χ0n) is 21.0. The van der Waals surface area contributed by atoms with Crippen LogP contribution < -0.4 is 20.7 Å². The SMILES string of the molecule is CNC(=O)c1nnc(NC(=O)C2CC2(F)F)cc1Nc1ncc(-c2cnn(C(C)C)c2)cc1OC(C)C. The first-order valence-electron chi connectivity index (χ1n) is 11.7. The Labute approximate surface area is 212 Å². The highest BCUT2D eigenvalue weighted by Gasteiger charge is 2.61. The van der Waals surface area contributed by atoms with Gasteiger partial charge >= 0.3 is 0 Å². The molecule has 3 aromatic heterocycles. The summed E-state index contributed by atoms with van der Waals surface area (Å²) >= 11 is 0. The van der Waals surface area contributed by atoms with Gasteiger partial charge in [0.15, 0.2) is 23.1 Å². The highest BCUT2D eigenvalue weighted by molar-refractivity contribution is 6.00. The number of rotatable bonds is 9. The van der Waals surface area contributed by atoms with Gasteiger partial charge < -0.3 is 20.7 Å². The molecule has 13 heteroatoms. The summed E-state index contributed by atoms with van der Waals surface area (Å²) < 4.78 is 34.4. The van der Waals surface area contributed by atoms with Crippen LogP contribution in [-0.2, 0) is 4.79 Å². The third-order valence-electron chi connectivity index (χ3n) is 5.56. The van der Waals surface area contributed by atoms with Gasteiger partial charge in [0.1, 0.15) is 5.92 Å². The maximum atomic E-state index is 13.3. The predicted molar refractivity (Wildman–Crippen MR) is 132 cm³/mol. The van der Waals surface area contributed by atoms with Gasteiger partial charge in [-0.05, 0) is 33.8 Å². The largest absolute Gasteiger partial charge is 0.487 e. The molecule has 1 fully saturated rings. The zero-order valence-corrected chi connectivity index (χ0v) is 21.0. The molecule has 196 valence electrons. The van der Waals surface area contributed by atoms with Crippen LogP contribution in [0.2, 0.25) is 0 Å². The Balaban J connectivity index is 1.67. The summed E-state index contributed by atoms with van der Waals surface area (Å²) in [5, 5.41) is 19.9. The number of amides is 2. The smallest absolute Gasteiger partial charge is 0.273 e. The first kappa shape index (κ1) is 25.9. The number of pyridine rings is 1. The van der Waals surface area contributed by atoms with Gasteiger partial charge in [0.05, 0.1) is 18.0 Å². The van der Waals surface area contributed by atoms with E-state index in [1.807, 2.05) is 38.6 Å². The lowest BCUT2D eigenvalue weighted by atomic mass is 10.1. The lowest BCUT2D eigenvalue weighted by molar-refractivity contribution is -0.119. The number of hydrogen-bond acceptors (Lipinski definition) is 8. The fourth-order valence-electron chi connectivity index (χ4n) is 3.48. The number of hydrogen-bond donors (Lipinski definition) is 3. The van der Waals surface area contributed by atoms with Crippen molar-refractivity contribution in [2.45, 2.75) is 52.2 Å². The summed E-state index contributed by atoms with van der Waals surface area (Å²) in [6, 6.07) is 3.32. The molecule has 3 aromatic rings. The zero-order chi connectivity index (χ0) is 26.9. The standard InChI is InChI=1S/C24H28F2N8O3/c1-12(2)34-11-15(10-29-34)14-6-18(37-13(3)4)21(28-9-14)30-17-7-19(32-33-20(17)23(36)27-5)31-22(35)16-8-24(16,25)26/h6-7,9-13,16H,8H2,1-5H3,(H,27,36)(H2,28,30,31,32,35). The van der Waals surface area contributed by atoms with Crippen molar-refractivity contribution in [2.75, 3.05) is 17.7 Å². The fraction of sp³-hybridized carbons (Fsp3) is 0.417. The van der Waals surface area contributed by atoms with E-state index in [1.54, 1.807) is 18.5 Å². The molecule has 0 aromatic carbocycles. The summed E-state index contributed by atoms with van der Waals surface area (Å²) in [7, 11) is 1.43. The Morgan fingerprint density at radius 3 is 2.46 bits per heavy atom. The van der Waals surface area contributed by atoms with E-state index >= 15 is 0 Å². The normalized spacial score (nSPS) is 16.0. The Hall–Kier alpha value is -4.16. The van der Waals surface area contributed by atoms with Crippen LogP contribution in [0.4, 0.5) is 26.1 Å². The van der Waals surface area contributed by atoms with Crippen LogP contribution in [-0.4, -0.2) is 55.9 Å². The molecule has 1 atom stereocenters. The summed E-state index contributed by atoms with van der Waals surface area (Å²) in [6.07, 6.45) is 4.56. The van der Waals surface area contributed by atoms with Gasteiger partial charge in [-0.3, -0.25) is 14.3 Å². The maximum Gasteiger partial charge on any atom is 0.273 e. The van der Waals surface area contributed by atoms with Gasteiger partial charge in [0, 0.05) is 49.1 Å². The van der Waals surface area contributed by atoms with Crippen LogP contribution in [0.5, 0.6) is 5.75 Å². The number of nitrogens with zero attached hydrogens (tertiary/aromatic N) is 5. The van der Waals surface area contributed by atoms with E-state index in [0.29, 0.717) is 5.75 Å². The molecular weight excluding hydrogens is 486 g/mol. The Bertz CT molecular complexity index is 1330. The van der Waals surface area contributed by atoms with Crippen LogP contribution in [0.3, 0.4) is 0 Å². The van der Waals surface area contributed by atoms with Crippen molar-refractivity contribution in [2.24, 2.45) is 5.92 Å². The first-order chi connectivity index (χ1) is 17.5. The molecule has 0 bridgehead atoms. The van der Waals surface area contributed by atoms with E-state index in [9.17, 15) is 18.4 Å². The minimum atomic E-state index is -3.03. The topological polar surface area (TPSA) is 136 Å². The molecule has 0 spiro atoms. The number of carbonyl (C=O) groups excluding carboxylic acids is 2. The number of halogens is 2. The van der Waals surface area contributed by atoms with Crippen molar-refractivity contribution in [3.63, 3.8) is 0 Å². The minimum Gasteiger partial charge on any atom is -0.487 e. The van der Waals surface area contributed by atoms with Crippen molar-refractivity contribution >= 4 is 29.1 Å². The Kier molecular flexibility index (Phi) is 7.05. The monoisotopic (exact) mass is 514 g/mol. The van der Waals surface area contributed by atoms with E-state index < -0.39 is 30.1 Å². The molecule has 0 saturated heterocycles. The first-order valence-corrected chi connectivity index (χ1v) is 11.7. The molecule has 0 aliphatic heterocycles. The number of anilines is 3. The van der Waals surface area contributed by atoms with Gasteiger partial charge in [-0.25, -0.2) is 13.8 Å². The molecule has 3 N–H and O–H groups in total. The molecule has 2 amide bonds. The van der Waals surface area contributed by atoms with E-state index in [-0.39, 0.29) is 35.2 Å². The molecule has 1 aliphatic carbocycles. The van der Waals surface area contributed by atoms with E-state index in [2.05, 4.69) is 36.2 Å². The predicted octanol–water partition coefficient (Wildman–Crippen LogP) is 3.80. The van der Waals surface area contributed by atoms with Gasteiger partial charge in [-0.1, -0.05) is 0 Å². The second kappa shape index (κ2) is 10.1. The molecule has 1 saturated carbocycles. The quantitative estimate of drug-likeness (QED) is 0.392. The lowest BCUT2D eigenvalue weighted by Gasteiger charge is -2.17. The summed E-state index contributed by atoms with van der Waals surface area (Å²) in [4.78, 5) is 29.0. The molecular formula is C24H28F2N8O3. The fourth-order valence-corrected chi connectivity index (χ4v) is 3.48. The second-order valence-corrected chi connectivity index (χ2v) is 9.24. The summed E-state index contributed by atoms with van der Waals surface area (Å²) in [5.41, 5.74) is 1.68. The van der Waals surface area contributed by atoms with E-state index in [4.69, 9.17) is 4.74 Å². The summed E-state index contributed by atoms with van der Waals surface area (Å²) in [5.74, 6) is -5.28. The molecule has 1 aliphatic rings. The average molecular weight is 515 g/mol. The van der Waals surface area contributed by atoms with Gasteiger partial charge in [-0.2, -0.15) is 5.10 Å². The third-order valence-corrected chi connectivity index (χ3v) is 5.56. The molecule has 11 nitrogen and oxygen atoms in total. The van der Waals surface area contributed by atoms with Crippen LogP contribution in [0.15, 0.2) is 30.7 Å². The Morgan fingerprint density at radius 2 is 1.86 bits per heavy atom. The van der Waals surface area contributed by atoms with Crippen molar-refractivity contribution in [1.82, 2.24) is 30.3 Å². The number of ether oxygens (including phenoxy) is 1. The van der Waals surface area contributed by atoms with Crippen LogP contribution in [0.25, 0.3) is 11.1 Å². The number of aromatic nitrogens is 5. The van der Waals surface area contributed by atoms with Crippen LogP contribution in [0.1, 0.15) is 50.6 Å². The van der Waals surface area contributed by atoms with Gasteiger partial charge in [0.2, 0.25) is 5.91 Å². The second-order valence-electron chi connectivity index (χ2n) is 9.24. The number of nitrogens with one attached hydrogen (secondary N) is 3. The number of alkyl halides is 2. The molecule has 4 rings (SSSR count). The molecule has 37 heavy (non-hydrogen) atoms. The Morgan fingerprint density at radius 1 is 1.14 bits per heavy atom. The van der Waals surface area contributed by atoms with Gasteiger partial charge in [-0.15, -0.1) is 10.2 Å². The minimum absolute atomic E-state index is 0.0863. The van der Waals surface area contributed by atoms with Crippen molar-refractivity contribution in [1.29, 1.82) is 0 Å². The molecule has 0 radical (unpaired) electrons. The molecule has 3 heterocycles. The van der Waals surface area contributed by atoms with Crippen molar-refractivity contribution in [3.8, 4) is 16.9 Å².